The Balaban J connectivity index is 3.40. The van der Waals surface area contributed by atoms with Crippen molar-refractivity contribution in [3.05, 3.63) is 36.5 Å². The minimum Gasteiger partial charge on any atom is -0.449 e. The van der Waals surface area contributed by atoms with E-state index in [-0.39, 0.29) is 64.0 Å². The quantitative estimate of drug-likeness (QED) is 0.0770. The fourth-order valence-corrected chi connectivity index (χ4v) is 9.85. The predicted octanol–water partition coefficient (Wildman–Crippen LogP) is 11.5. The molecule has 0 aliphatic heterocycles. The molecule has 1 saturated carbocycles. The maximum absolute atomic E-state index is 12.8. The monoisotopic (exact) mass is 765 g/mol. The van der Waals surface area contributed by atoms with E-state index in [0.717, 1.165) is 32.1 Å². The van der Waals surface area contributed by atoms with Gasteiger partial charge in [0.1, 0.15) is 6.10 Å². The van der Waals surface area contributed by atoms with E-state index in [1.807, 2.05) is 19.1 Å². The van der Waals surface area contributed by atoms with Crippen LogP contribution in [0.3, 0.4) is 0 Å². The van der Waals surface area contributed by atoms with Crippen LogP contribution in [0.25, 0.3) is 0 Å². The third-order valence-corrected chi connectivity index (χ3v) is 21.0. The van der Waals surface area contributed by atoms with Gasteiger partial charge in [0.25, 0.3) is 0 Å². The molecule has 0 aromatic carbocycles. The van der Waals surface area contributed by atoms with Crippen molar-refractivity contribution in [2.45, 2.75) is 182 Å². The predicted molar refractivity (Wildman–Crippen MR) is 223 cm³/mol. The van der Waals surface area contributed by atoms with Gasteiger partial charge in [-0.2, -0.15) is 0 Å². The Morgan fingerprint density at radius 2 is 1.35 bits per heavy atom. The first-order valence-corrected chi connectivity index (χ1v) is 25.8. The lowest BCUT2D eigenvalue weighted by Gasteiger charge is -2.45. The lowest BCUT2D eigenvalue weighted by molar-refractivity contribution is -0.0207. The maximum Gasteiger partial charge on any atom is 0.407 e. The minimum atomic E-state index is -2.22. The standard InChI is InChI=1S/C42H80N2O6Si2/c1-18-19-23-30(3)37(48-39(43)45)34(7)38(50-52(16,17)42(11,12)13)32(5)27-29(2)26-31(4)36(49-51(14,15)41(8,9)10)33(6)28-47-40(46)44-35-24-21-20-22-25-35/h18-19,23,26,30-38H,1,20-22,24-25,27-28H2,2-17H3,(H2,43,45)(H,44,46)/b23-19-,29-26-/t30-,31-,32-,33-,34+,36-,37-,38+/m0/s1. The molecular formula is C42H80N2O6Si2. The van der Waals surface area contributed by atoms with E-state index in [0.29, 0.717) is 6.61 Å². The number of carbonyl (C=O) groups excluding carboxylic acids is 2. The highest BCUT2D eigenvalue weighted by atomic mass is 28.4. The third kappa shape index (κ3) is 15.5. The summed E-state index contributed by atoms with van der Waals surface area (Å²) in [6.45, 7) is 39.7. The van der Waals surface area contributed by atoms with Crippen molar-refractivity contribution in [3.8, 4) is 0 Å². The zero-order valence-corrected chi connectivity index (χ0v) is 38.2. The number of hydrogen-bond donors (Lipinski definition) is 2. The number of nitrogens with one attached hydrogen (secondary N) is 1. The van der Waals surface area contributed by atoms with Crippen LogP contribution in [0.2, 0.25) is 36.3 Å². The van der Waals surface area contributed by atoms with E-state index < -0.39 is 28.8 Å². The second-order valence-corrected chi connectivity index (χ2v) is 28.5. The van der Waals surface area contributed by atoms with Gasteiger partial charge in [-0.25, -0.2) is 9.59 Å². The van der Waals surface area contributed by atoms with Crippen LogP contribution in [-0.2, 0) is 18.3 Å². The van der Waals surface area contributed by atoms with Crippen LogP contribution in [-0.4, -0.2) is 59.8 Å². The Bertz CT molecular complexity index is 1180. The Labute approximate surface area is 321 Å². The van der Waals surface area contributed by atoms with Gasteiger partial charge >= 0.3 is 12.2 Å². The molecule has 52 heavy (non-hydrogen) atoms. The zero-order chi connectivity index (χ0) is 40.2. The molecule has 0 unspecified atom stereocenters. The van der Waals surface area contributed by atoms with E-state index in [1.165, 1.54) is 12.0 Å². The van der Waals surface area contributed by atoms with Crippen molar-refractivity contribution in [3.63, 3.8) is 0 Å². The number of hydrogen-bond acceptors (Lipinski definition) is 6. The molecule has 8 atom stereocenters. The number of nitrogens with two attached hydrogens (primary N) is 1. The summed E-state index contributed by atoms with van der Waals surface area (Å²) in [4.78, 5) is 25.0. The molecule has 302 valence electrons. The fourth-order valence-electron chi connectivity index (χ4n) is 6.89. The summed E-state index contributed by atoms with van der Waals surface area (Å²) in [7, 11) is -4.38. The number of amides is 2. The molecule has 0 saturated heterocycles. The summed E-state index contributed by atoms with van der Waals surface area (Å²) >= 11 is 0. The first-order valence-electron chi connectivity index (χ1n) is 20.0. The third-order valence-electron chi connectivity index (χ3n) is 12.1. The lowest BCUT2D eigenvalue weighted by Crippen LogP contribution is -2.50. The molecule has 0 aromatic heterocycles. The molecule has 1 fully saturated rings. The summed E-state index contributed by atoms with van der Waals surface area (Å²) in [5, 5.41) is 3.12. The Kier molecular flexibility index (Phi) is 19.2. The lowest BCUT2D eigenvalue weighted by atomic mass is 9.81. The van der Waals surface area contributed by atoms with Crippen LogP contribution >= 0.6 is 0 Å². The molecule has 1 aliphatic carbocycles. The van der Waals surface area contributed by atoms with Crippen molar-refractivity contribution < 1.29 is 27.9 Å². The summed E-state index contributed by atoms with van der Waals surface area (Å²) in [5.74, 6) is -0.0247. The number of ether oxygens (including phenoxy) is 2. The highest BCUT2D eigenvalue weighted by molar-refractivity contribution is 6.74. The smallest absolute Gasteiger partial charge is 0.407 e. The van der Waals surface area contributed by atoms with Gasteiger partial charge in [0.2, 0.25) is 0 Å². The SMILES string of the molecule is C=C/C=C\[C@H](C)[C@H](OC(N)=O)[C@@H](C)[C@H](O[Si](C)(C)C(C)(C)C)[C@@H](C)C/C(C)=C\[C@H](C)[C@H](O[Si](C)(C)C(C)(C)C)[C@@H](C)COC(=O)NC1CCCCC1. The van der Waals surface area contributed by atoms with Crippen molar-refractivity contribution in [1.82, 2.24) is 5.32 Å². The normalized spacial score (nSPS) is 20.3. The molecule has 3 N–H and O–H groups in total. The molecular weight excluding hydrogens is 685 g/mol. The van der Waals surface area contributed by atoms with E-state index in [4.69, 9.17) is 24.1 Å². The van der Waals surface area contributed by atoms with Gasteiger partial charge in [-0.15, -0.1) is 0 Å². The first kappa shape index (κ1) is 48.1. The van der Waals surface area contributed by atoms with E-state index >= 15 is 0 Å². The van der Waals surface area contributed by atoms with Crippen LogP contribution in [0.1, 0.15) is 122 Å². The Hall–Kier alpha value is -1.89. The molecule has 0 spiro atoms. The summed E-state index contributed by atoms with van der Waals surface area (Å²) in [6, 6.07) is 0.207. The zero-order valence-electron chi connectivity index (χ0n) is 36.2. The number of primary amides is 1. The van der Waals surface area contributed by atoms with Crippen LogP contribution in [0, 0.1) is 29.6 Å². The molecule has 0 bridgehead atoms. The topological polar surface area (TPSA) is 109 Å². The Morgan fingerprint density at radius 1 is 0.827 bits per heavy atom. The fraction of sp³-hybridized carbons (Fsp3) is 0.810. The largest absolute Gasteiger partial charge is 0.449 e. The molecule has 0 radical (unpaired) electrons. The van der Waals surface area contributed by atoms with Gasteiger partial charge in [-0.3, -0.25) is 0 Å². The van der Waals surface area contributed by atoms with Gasteiger partial charge in [-0.05, 0) is 74.3 Å². The molecule has 10 heteroatoms. The second-order valence-electron chi connectivity index (χ2n) is 19.0. The van der Waals surface area contributed by atoms with E-state index in [2.05, 4.69) is 120 Å². The highest BCUT2D eigenvalue weighted by Gasteiger charge is 2.44. The van der Waals surface area contributed by atoms with Crippen molar-refractivity contribution in [1.29, 1.82) is 0 Å². The van der Waals surface area contributed by atoms with Crippen LogP contribution in [0.4, 0.5) is 9.59 Å². The summed E-state index contributed by atoms with van der Waals surface area (Å²) in [6.07, 6.45) is 12.5. The summed E-state index contributed by atoms with van der Waals surface area (Å²) < 4.78 is 26.0. The van der Waals surface area contributed by atoms with Crippen molar-refractivity contribution in [2.75, 3.05) is 6.61 Å². The van der Waals surface area contributed by atoms with Crippen LogP contribution in [0.5, 0.6) is 0 Å². The van der Waals surface area contributed by atoms with E-state index in [9.17, 15) is 9.59 Å². The molecule has 1 rings (SSSR count). The first-order chi connectivity index (χ1) is 23.7. The van der Waals surface area contributed by atoms with Crippen LogP contribution in [0.15, 0.2) is 36.5 Å². The van der Waals surface area contributed by atoms with Gasteiger partial charge in [0.15, 0.2) is 16.6 Å². The number of alkyl carbamates (subject to hydrolysis) is 1. The minimum absolute atomic E-state index is 0.00168. The average molecular weight is 765 g/mol. The highest BCUT2D eigenvalue weighted by Crippen LogP contribution is 2.42. The maximum atomic E-state index is 12.8. The van der Waals surface area contributed by atoms with Gasteiger partial charge < -0.3 is 29.4 Å². The Morgan fingerprint density at radius 3 is 1.83 bits per heavy atom. The number of rotatable bonds is 19. The van der Waals surface area contributed by atoms with Crippen molar-refractivity contribution >= 4 is 28.8 Å². The summed E-state index contributed by atoms with van der Waals surface area (Å²) in [5.41, 5.74) is 6.87. The van der Waals surface area contributed by atoms with Gasteiger partial charge in [0.05, 0.1) is 18.8 Å². The number of allylic oxidation sites excluding steroid dienone is 3. The molecule has 0 heterocycles. The van der Waals surface area contributed by atoms with E-state index in [1.54, 1.807) is 6.08 Å². The molecule has 8 nitrogen and oxygen atoms in total. The van der Waals surface area contributed by atoms with Gasteiger partial charge in [0, 0.05) is 23.8 Å². The molecule has 2 amide bonds. The second kappa shape index (κ2) is 20.7. The van der Waals surface area contributed by atoms with Crippen molar-refractivity contribution in [2.24, 2.45) is 35.3 Å². The van der Waals surface area contributed by atoms with Crippen LogP contribution < -0.4 is 11.1 Å². The molecule has 1 aliphatic rings. The number of carbonyl (C=O) groups is 2. The molecule has 0 aromatic rings. The average Bonchev–Trinajstić information content (AvgIpc) is 3.01. The van der Waals surface area contributed by atoms with Gasteiger partial charge in [-0.1, -0.05) is 132 Å².